The molecule has 4 heteroatoms. The van der Waals surface area contributed by atoms with Crippen LogP contribution < -0.4 is 10.2 Å². The molecule has 0 amide bonds. The normalized spacial score (nSPS) is 20.2. The summed E-state index contributed by atoms with van der Waals surface area (Å²) in [4.78, 5) is 6.95. The van der Waals surface area contributed by atoms with Gasteiger partial charge in [-0.05, 0) is 39.3 Å². The van der Waals surface area contributed by atoms with E-state index in [1.165, 1.54) is 0 Å². The third-order valence-electron chi connectivity index (χ3n) is 3.04. The number of hydrogen-bond donors (Lipinski definition) is 1. The lowest BCUT2D eigenvalue weighted by Gasteiger charge is -2.23. The molecule has 1 aliphatic heterocycles. The highest BCUT2D eigenvalue weighted by Crippen LogP contribution is 2.22. The second-order valence-electron chi connectivity index (χ2n) is 5.85. The van der Waals surface area contributed by atoms with E-state index in [2.05, 4.69) is 48.1 Å². The second kappa shape index (κ2) is 5.14. The van der Waals surface area contributed by atoms with Gasteiger partial charge in [0.25, 0.3) is 0 Å². The Balaban J connectivity index is 2.08. The molecule has 1 aromatic heterocycles. The van der Waals surface area contributed by atoms with Crippen LogP contribution in [0, 0.1) is 0 Å². The van der Waals surface area contributed by atoms with E-state index >= 15 is 0 Å². The van der Waals surface area contributed by atoms with Crippen LogP contribution in [0.5, 0.6) is 0 Å². The van der Waals surface area contributed by atoms with Crippen LogP contribution >= 0.6 is 0 Å². The van der Waals surface area contributed by atoms with Crippen LogP contribution in [0.4, 0.5) is 11.6 Å². The largest absolute Gasteiger partial charge is 0.380 e. The van der Waals surface area contributed by atoms with E-state index in [1.54, 1.807) is 7.11 Å². The van der Waals surface area contributed by atoms with E-state index in [0.29, 0.717) is 6.10 Å². The zero-order chi connectivity index (χ0) is 13.2. The smallest absolute Gasteiger partial charge is 0.131 e. The van der Waals surface area contributed by atoms with Crippen molar-refractivity contribution in [1.29, 1.82) is 0 Å². The maximum Gasteiger partial charge on any atom is 0.131 e. The molecule has 2 rings (SSSR count). The summed E-state index contributed by atoms with van der Waals surface area (Å²) in [5.74, 6) is 1.96. The summed E-state index contributed by atoms with van der Waals surface area (Å²) in [6, 6.07) is 6.13. The van der Waals surface area contributed by atoms with Crippen molar-refractivity contribution in [2.24, 2.45) is 0 Å². The molecule has 100 valence electrons. The number of aromatic nitrogens is 1. The number of methoxy groups -OCH3 is 1. The maximum absolute atomic E-state index is 5.39. The lowest BCUT2D eigenvalue weighted by molar-refractivity contribution is 0.121. The van der Waals surface area contributed by atoms with E-state index in [-0.39, 0.29) is 5.54 Å². The summed E-state index contributed by atoms with van der Waals surface area (Å²) in [6.45, 7) is 8.36. The molecule has 1 atom stereocenters. The number of pyridine rings is 1. The Hall–Kier alpha value is -1.29. The summed E-state index contributed by atoms with van der Waals surface area (Å²) in [7, 11) is 1.78. The molecule has 0 bridgehead atoms. The Morgan fingerprint density at radius 3 is 2.78 bits per heavy atom. The van der Waals surface area contributed by atoms with E-state index in [4.69, 9.17) is 4.74 Å². The highest BCUT2D eigenvalue weighted by Gasteiger charge is 2.23. The molecule has 18 heavy (non-hydrogen) atoms. The first-order valence-electron chi connectivity index (χ1n) is 6.51. The van der Waals surface area contributed by atoms with Crippen molar-refractivity contribution in [1.82, 2.24) is 4.98 Å². The van der Waals surface area contributed by atoms with Gasteiger partial charge in [-0.2, -0.15) is 0 Å². The van der Waals surface area contributed by atoms with Crippen molar-refractivity contribution in [2.75, 3.05) is 30.4 Å². The lowest BCUT2D eigenvalue weighted by atomic mass is 10.1. The fourth-order valence-corrected chi connectivity index (χ4v) is 2.18. The molecule has 0 aromatic carbocycles. The molecule has 1 fully saturated rings. The quantitative estimate of drug-likeness (QED) is 0.893. The number of nitrogens with zero attached hydrogens (tertiary/aromatic N) is 2. The molecule has 0 aliphatic carbocycles. The maximum atomic E-state index is 5.39. The molecule has 0 radical (unpaired) electrons. The topological polar surface area (TPSA) is 37.4 Å². The summed E-state index contributed by atoms with van der Waals surface area (Å²) in [6.07, 6.45) is 1.42. The molecule has 1 aromatic rings. The first-order valence-corrected chi connectivity index (χ1v) is 6.51. The molecule has 2 heterocycles. The minimum atomic E-state index is 0.0334. The van der Waals surface area contributed by atoms with Gasteiger partial charge in [-0.1, -0.05) is 6.07 Å². The zero-order valence-electron chi connectivity index (χ0n) is 11.7. The van der Waals surface area contributed by atoms with Crippen LogP contribution in [0.25, 0.3) is 0 Å². The third kappa shape index (κ3) is 3.35. The van der Waals surface area contributed by atoms with Crippen molar-refractivity contribution >= 4 is 11.6 Å². The minimum Gasteiger partial charge on any atom is -0.380 e. The van der Waals surface area contributed by atoms with E-state index in [9.17, 15) is 0 Å². The average Bonchev–Trinajstić information content (AvgIpc) is 2.75. The molecule has 0 spiro atoms. The molecule has 4 nitrogen and oxygen atoms in total. The Kier molecular flexibility index (Phi) is 3.76. The fourth-order valence-electron chi connectivity index (χ4n) is 2.18. The first-order chi connectivity index (χ1) is 8.48. The minimum absolute atomic E-state index is 0.0334. The van der Waals surface area contributed by atoms with Crippen LogP contribution in [0.3, 0.4) is 0 Å². The first kappa shape index (κ1) is 13.1. The van der Waals surface area contributed by atoms with Crippen LogP contribution in [-0.2, 0) is 4.74 Å². The van der Waals surface area contributed by atoms with Gasteiger partial charge in [0.1, 0.15) is 11.6 Å². The second-order valence-corrected chi connectivity index (χ2v) is 5.85. The van der Waals surface area contributed by atoms with Gasteiger partial charge in [-0.3, -0.25) is 0 Å². The molecule has 1 N–H and O–H groups in total. The van der Waals surface area contributed by atoms with Crippen LogP contribution in [0.15, 0.2) is 18.2 Å². The van der Waals surface area contributed by atoms with Crippen LogP contribution in [0.1, 0.15) is 27.2 Å². The summed E-state index contributed by atoms with van der Waals surface area (Å²) >= 11 is 0. The van der Waals surface area contributed by atoms with Gasteiger partial charge >= 0.3 is 0 Å². The Morgan fingerprint density at radius 1 is 1.39 bits per heavy atom. The predicted molar refractivity (Wildman–Crippen MR) is 75.2 cm³/mol. The fraction of sp³-hybridized carbons (Fsp3) is 0.643. The monoisotopic (exact) mass is 249 g/mol. The number of ether oxygens (including phenoxy) is 1. The highest BCUT2D eigenvalue weighted by atomic mass is 16.5. The van der Waals surface area contributed by atoms with E-state index < -0.39 is 0 Å². The zero-order valence-corrected chi connectivity index (χ0v) is 11.7. The third-order valence-corrected chi connectivity index (χ3v) is 3.04. The molecule has 1 aliphatic rings. The SMILES string of the molecule is COC1CCN(c2cccc(NC(C)(C)C)n2)C1. The van der Waals surface area contributed by atoms with Gasteiger partial charge in [0.05, 0.1) is 6.10 Å². The van der Waals surface area contributed by atoms with Crippen molar-refractivity contribution in [2.45, 2.75) is 38.8 Å². The van der Waals surface area contributed by atoms with Crippen molar-refractivity contribution in [3.8, 4) is 0 Å². The van der Waals surface area contributed by atoms with Crippen LogP contribution in [-0.4, -0.2) is 36.8 Å². The van der Waals surface area contributed by atoms with Gasteiger partial charge in [0.2, 0.25) is 0 Å². The van der Waals surface area contributed by atoms with Crippen molar-refractivity contribution < 1.29 is 4.74 Å². The van der Waals surface area contributed by atoms with Gasteiger partial charge in [0.15, 0.2) is 0 Å². The van der Waals surface area contributed by atoms with Gasteiger partial charge in [-0.25, -0.2) is 4.98 Å². The summed E-state index contributed by atoms with van der Waals surface area (Å²) in [5, 5.41) is 3.40. The summed E-state index contributed by atoms with van der Waals surface area (Å²) < 4.78 is 5.39. The molecule has 1 saturated heterocycles. The molecular weight excluding hydrogens is 226 g/mol. The number of hydrogen-bond acceptors (Lipinski definition) is 4. The van der Waals surface area contributed by atoms with Crippen molar-refractivity contribution in [3.63, 3.8) is 0 Å². The standard InChI is InChI=1S/C14H23N3O/c1-14(2,3)16-12-6-5-7-13(15-12)17-9-8-11(10-17)18-4/h5-7,11H,8-10H2,1-4H3,(H,15,16). The van der Waals surface area contributed by atoms with Gasteiger partial charge in [0, 0.05) is 25.7 Å². The van der Waals surface area contributed by atoms with Crippen molar-refractivity contribution in [3.05, 3.63) is 18.2 Å². The number of anilines is 2. The highest BCUT2D eigenvalue weighted by molar-refractivity contribution is 5.48. The molecular formula is C14H23N3O. The number of rotatable bonds is 3. The van der Waals surface area contributed by atoms with Crippen LogP contribution in [0.2, 0.25) is 0 Å². The Morgan fingerprint density at radius 2 is 2.17 bits per heavy atom. The molecule has 0 saturated carbocycles. The predicted octanol–water partition coefficient (Wildman–Crippen LogP) is 2.52. The molecule has 1 unspecified atom stereocenters. The summed E-state index contributed by atoms with van der Waals surface area (Å²) in [5.41, 5.74) is 0.0334. The number of nitrogens with one attached hydrogen (secondary N) is 1. The van der Waals surface area contributed by atoms with Gasteiger partial charge in [-0.15, -0.1) is 0 Å². The Labute approximate surface area is 109 Å². The van der Waals surface area contributed by atoms with E-state index in [1.807, 2.05) is 6.07 Å². The van der Waals surface area contributed by atoms with Gasteiger partial charge < -0.3 is 15.0 Å². The Bertz CT molecular complexity index is 400. The average molecular weight is 249 g/mol. The lowest BCUT2D eigenvalue weighted by Crippen LogP contribution is -2.28. The van der Waals surface area contributed by atoms with E-state index in [0.717, 1.165) is 31.1 Å².